The van der Waals surface area contributed by atoms with E-state index in [0.29, 0.717) is 11.4 Å². The lowest BCUT2D eigenvalue weighted by atomic mass is 10.3. The van der Waals surface area contributed by atoms with Crippen LogP contribution in [0.4, 0.5) is 0 Å². The van der Waals surface area contributed by atoms with E-state index in [4.69, 9.17) is 21.7 Å². The summed E-state index contributed by atoms with van der Waals surface area (Å²) in [5, 5.41) is 6.93. The number of nitrogens with zero attached hydrogens (tertiary/aromatic N) is 2. The fourth-order valence-electron chi connectivity index (χ4n) is 1.70. The molecule has 102 valence electrons. The molecule has 0 aliphatic carbocycles. The van der Waals surface area contributed by atoms with Crippen molar-refractivity contribution in [3.8, 4) is 11.5 Å². The number of methoxy groups -OCH3 is 1. The van der Waals surface area contributed by atoms with E-state index >= 15 is 0 Å². The molecule has 0 aliphatic heterocycles. The summed E-state index contributed by atoms with van der Waals surface area (Å²) in [6.45, 7) is 0.645. The van der Waals surface area contributed by atoms with Crippen molar-refractivity contribution in [3.63, 3.8) is 0 Å². The summed E-state index contributed by atoms with van der Waals surface area (Å²) >= 11 is 5.05. The number of nitrogens with one attached hydrogen (secondary N) is 1. The molecule has 0 aliphatic rings. The van der Waals surface area contributed by atoms with Gasteiger partial charge in [0.1, 0.15) is 17.3 Å². The van der Waals surface area contributed by atoms with E-state index in [2.05, 4.69) is 10.2 Å². The number of benzene rings is 1. The summed E-state index contributed by atoms with van der Waals surface area (Å²) in [7, 11) is 3.55. The molecule has 5 nitrogen and oxygen atoms in total. The van der Waals surface area contributed by atoms with Gasteiger partial charge in [0, 0.05) is 13.5 Å². The molecule has 2 aromatic rings. The van der Waals surface area contributed by atoms with E-state index in [1.165, 1.54) is 0 Å². The Morgan fingerprint density at radius 2 is 1.95 bits per heavy atom. The normalized spacial score (nSPS) is 10.4. The molecule has 0 fully saturated rings. The Hall–Kier alpha value is -1.82. The first kappa shape index (κ1) is 13.6. The zero-order chi connectivity index (χ0) is 13.7. The highest BCUT2D eigenvalue weighted by molar-refractivity contribution is 7.71. The zero-order valence-corrected chi connectivity index (χ0v) is 11.9. The molecule has 0 saturated carbocycles. The lowest BCUT2D eigenvalue weighted by Gasteiger charge is -2.06. The van der Waals surface area contributed by atoms with Crippen LogP contribution in [0.1, 0.15) is 12.2 Å². The molecule has 1 heterocycles. The number of aromatic nitrogens is 3. The van der Waals surface area contributed by atoms with Crippen molar-refractivity contribution < 1.29 is 9.47 Å². The third kappa shape index (κ3) is 3.57. The van der Waals surface area contributed by atoms with Crippen molar-refractivity contribution in [1.82, 2.24) is 14.8 Å². The predicted molar refractivity (Wildman–Crippen MR) is 75.2 cm³/mol. The van der Waals surface area contributed by atoms with E-state index in [0.717, 1.165) is 30.2 Å². The van der Waals surface area contributed by atoms with Gasteiger partial charge in [-0.2, -0.15) is 5.10 Å². The van der Waals surface area contributed by atoms with Crippen molar-refractivity contribution in [2.24, 2.45) is 7.05 Å². The second-order valence-electron chi connectivity index (χ2n) is 4.13. The molecule has 0 spiro atoms. The predicted octanol–water partition coefficient (Wildman–Crippen LogP) is 2.50. The Morgan fingerprint density at radius 1 is 1.26 bits per heavy atom. The molecule has 2 rings (SSSR count). The first-order valence-corrected chi connectivity index (χ1v) is 6.48. The average molecular weight is 279 g/mol. The zero-order valence-electron chi connectivity index (χ0n) is 11.0. The maximum Gasteiger partial charge on any atom is 0.194 e. The molecule has 0 bridgehead atoms. The Morgan fingerprint density at radius 3 is 2.53 bits per heavy atom. The Labute approximate surface area is 117 Å². The van der Waals surface area contributed by atoms with Crippen molar-refractivity contribution in [2.45, 2.75) is 12.8 Å². The van der Waals surface area contributed by atoms with Crippen molar-refractivity contribution in [1.29, 1.82) is 0 Å². The number of H-pyrrole nitrogens is 1. The summed E-state index contributed by atoms with van der Waals surface area (Å²) in [5.74, 6) is 2.62. The highest BCUT2D eigenvalue weighted by atomic mass is 32.1. The molecular weight excluding hydrogens is 262 g/mol. The maximum absolute atomic E-state index is 5.65. The minimum absolute atomic E-state index is 0.645. The fraction of sp³-hybridized carbons (Fsp3) is 0.385. The van der Waals surface area contributed by atoms with Crippen molar-refractivity contribution >= 4 is 12.2 Å². The van der Waals surface area contributed by atoms with Gasteiger partial charge < -0.3 is 14.0 Å². The number of hydrogen-bond acceptors (Lipinski definition) is 4. The van der Waals surface area contributed by atoms with Crippen LogP contribution in [0.3, 0.4) is 0 Å². The van der Waals surface area contributed by atoms with E-state index < -0.39 is 0 Å². The average Bonchev–Trinajstić information content (AvgIpc) is 2.76. The first-order chi connectivity index (χ1) is 9.20. The molecular formula is C13H17N3O2S. The van der Waals surface area contributed by atoms with Crippen LogP contribution in [0.2, 0.25) is 0 Å². The maximum atomic E-state index is 5.65. The van der Waals surface area contributed by atoms with Crippen LogP contribution < -0.4 is 9.47 Å². The lowest BCUT2D eigenvalue weighted by molar-refractivity contribution is 0.308. The first-order valence-electron chi connectivity index (χ1n) is 6.08. The molecule has 1 aromatic carbocycles. The van der Waals surface area contributed by atoms with Crippen LogP contribution in [-0.2, 0) is 13.5 Å². The summed E-state index contributed by atoms with van der Waals surface area (Å²) in [6, 6.07) is 7.56. The Kier molecular flexibility index (Phi) is 4.57. The second-order valence-corrected chi connectivity index (χ2v) is 4.52. The van der Waals surface area contributed by atoms with Crippen LogP contribution in [0.25, 0.3) is 0 Å². The van der Waals surface area contributed by atoms with Crippen LogP contribution in [0, 0.1) is 4.77 Å². The van der Waals surface area contributed by atoms with Gasteiger partial charge in [-0.1, -0.05) is 0 Å². The van der Waals surface area contributed by atoms with Crippen molar-refractivity contribution in [2.75, 3.05) is 13.7 Å². The lowest BCUT2D eigenvalue weighted by Crippen LogP contribution is -2.03. The molecule has 19 heavy (non-hydrogen) atoms. The topological polar surface area (TPSA) is 52.1 Å². The van der Waals surface area contributed by atoms with Gasteiger partial charge in [0.25, 0.3) is 0 Å². The number of ether oxygens (including phenoxy) is 2. The second kappa shape index (κ2) is 6.38. The number of hydrogen-bond donors (Lipinski definition) is 1. The van der Waals surface area contributed by atoms with Crippen LogP contribution in [-0.4, -0.2) is 28.5 Å². The Balaban J connectivity index is 1.77. The van der Waals surface area contributed by atoms with E-state index in [1.807, 2.05) is 35.9 Å². The van der Waals surface area contributed by atoms with Gasteiger partial charge in [-0.05, 0) is 42.9 Å². The largest absolute Gasteiger partial charge is 0.497 e. The van der Waals surface area contributed by atoms with E-state index in [1.54, 1.807) is 7.11 Å². The SMILES string of the molecule is COc1ccc(OCCCc2n[nH]c(=S)n2C)cc1. The molecule has 0 atom stereocenters. The highest BCUT2D eigenvalue weighted by Crippen LogP contribution is 2.17. The molecule has 6 heteroatoms. The number of aromatic amines is 1. The standard InChI is InChI=1S/C13H17N3O2S/c1-16-12(14-15-13(16)19)4-3-9-18-11-7-5-10(17-2)6-8-11/h5-8H,3-4,9H2,1-2H3,(H,15,19). The summed E-state index contributed by atoms with van der Waals surface area (Å²) in [6.07, 6.45) is 1.72. The minimum atomic E-state index is 0.645. The minimum Gasteiger partial charge on any atom is -0.497 e. The van der Waals surface area contributed by atoms with Gasteiger partial charge >= 0.3 is 0 Å². The molecule has 1 N–H and O–H groups in total. The Bertz CT molecular complexity index is 574. The monoisotopic (exact) mass is 279 g/mol. The smallest absolute Gasteiger partial charge is 0.194 e. The van der Waals surface area contributed by atoms with Crippen molar-refractivity contribution in [3.05, 3.63) is 34.9 Å². The van der Waals surface area contributed by atoms with Crippen LogP contribution >= 0.6 is 12.2 Å². The molecule has 0 radical (unpaired) electrons. The molecule has 0 saturated heterocycles. The van der Waals surface area contributed by atoms with E-state index in [9.17, 15) is 0 Å². The summed E-state index contributed by atoms with van der Waals surface area (Å²) in [5.41, 5.74) is 0. The van der Waals surface area contributed by atoms with Crippen LogP contribution in [0.5, 0.6) is 11.5 Å². The van der Waals surface area contributed by atoms with Gasteiger partial charge in [0.15, 0.2) is 4.77 Å². The van der Waals surface area contributed by atoms with E-state index in [-0.39, 0.29) is 0 Å². The van der Waals surface area contributed by atoms with Gasteiger partial charge in [-0.15, -0.1) is 0 Å². The third-order valence-electron chi connectivity index (χ3n) is 2.85. The van der Waals surface area contributed by atoms with Crippen LogP contribution in [0.15, 0.2) is 24.3 Å². The van der Waals surface area contributed by atoms with Gasteiger partial charge in [-0.25, -0.2) is 0 Å². The quantitative estimate of drug-likeness (QED) is 0.652. The fourth-order valence-corrected chi connectivity index (χ4v) is 1.85. The van der Waals surface area contributed by atoms with Gasteiger partial charge in [-0.3, -0.25) is 5.10 Å². The highest BCUT2D eigenvalue weighted by Gasteiger charge is 2.02. The molecule has 1 aromatic heterocycles. The van der Waals surface area contributed by atoms with Gasteiger partial charge in [0.2, 0.25) is 0 Å². The molecule has 0 amide bonds. The molecule has 0 unspecified atom stereocenters. The number of aryl methyl sites for hydroxylation is 1. The number of rotatable bonds is 6. The van der Waals surface area contributed by atoms with Gasteiger partial charge in [0.05, 0.1) is 13.7 Å². The third-order valence-corrected chi connectivity index (χ3v) is 3.21. The summed E-state index contributed by atoms with van der Waals surface area (Å²) in [4.78, 5) is 0. The summed E-state index contributed by atoms with van der Waals surface area (Å²) < 4.78 is 13.3.